The average molecular weight is 361 g/mol. The monoisotopic (exact) mass is 361 g/mol. The molecule has 5 nitrogen and oxygen atoms in total. The summed E-state index contributed by atoms with van der Waals surface area (Å²) in [5.74, 6) is 0.544. The molecule has 142 valence electrons. The molecule has 6 heteroatoms. The standard InChI is InChI=1S/C20H28FN3O2/c1-15(2)24-13-17(5-8-19(24)25)11-22-9-10-23(20(26)14-22)12-16-3-6-18(21)7-4-16/h3-4,6-7,15,17H,5,8-14H2,1-2H3. The molecule has 2 saturated heterocycles. The van der Waals surface area contributed by atoms with Crippen LogP contribution in [0.3, 0.4) is 0 Å². The molecule has 2 fully saturated rings. The van der Waals surface area contributed by atoms with Crippen molar-refractivity contribution in [2.45, 2.75) is 39.3 Å². The highest BCUT2D eigenvalue weighted by Gasteiger charge is 2.31. The first-order chi connectivity index (χ1) is 12.4. The fourth-order valence-electron chi connectivity index (χ4n) is 3.85. The number of piperazine rings is 1. The van der Waals surface area contributed by atoms with Crippen LogP contribution in [0.15, 0.2) is 24.3 Å². The number of amides is 2. The highest BCUT2D eigenvalue weighted by molar-refractivity contribution is 5.79. The molecule has 1 aromatic rings. The third kappa shape index (κ3) is 4.61. The van der Waals surface area contributed by atoms with Crippen LogP contribution in [0, 0.1) is 11.7 Å². The molecule has 0 saturated carbocycles. The number of rotatable bonds is 5. The summed E-state index contributed by atoms with van der Waals surface area (Å²) >= 11 is 0. The SMILES string of the molecule is CC(C)N1CC(CN2CCN(Cc3ccc(F)cc3)C(=O)C2)CCC1=O. The Kier molecular flexibility index (Phi) is 5.91. The lowest BCUT2D eigenvalue weighted by Crippen LogP contribution is -2.53. The maximum absolute atomic E-state index is 13.0. The summed E-state index contributed by atoms with van der Waals surface area (Å²) in [6.07, 6.45) is 1.52. The van der Waals surface area contributed by atoms with Crippen LogP contribution in [0.2, 0.25) is 0 Å². The highest BCUT2D eigenvalue weighted by atomic mass is 19.1. The van der Waals surface area contributed by atoms with Gasteiger partial charge in [-0.2, -0.15) is 0 Å². The molecule has 1 atom stereocenters. The number of nitrogens with zero attached hydrogens (tertiary/aromatic N) is 3. The second-order valence-corrected chi connectivity index (χ2v) is 7.72. The molecule has 2 aliphatic heterocycles. The van der Waals surface area contributed by atoms with Gasteiger partial charge in [-0.1, -0.05) is 12.1 Å². The van der Waals surface area contributed by atoms with Crippen molar-refractivity contribution in [3.63, 3.8) is 0 Å². The van der Waals surface area contributed by atoms with Crippen molar-refractivity contribution in [3.8, 4) is 0 Å². The topological polar surface area (TPSA) is 43.9 Å². The summed E-state index contributed by atoms with van der Waals surface area (Å²) in [5, 5.41) is 0. The van der Waals surface area contributed by atoms with E-state index in [-0.39, 0.29) is 23.7 Å². The van der Waals surface area contributed by atoms with Crippen LogP contribution in [-0.2, 0) is 16.1 Å². The second kappa shape index (κ2) is 8.16. The van der Waals surface area contributed by atoms with E-state index in [0.29, 0.717) is 32.0 Å². The Morgan fingerprint density at radius 1 is 1.12 bits per heavy atom. The molecule has 1 aromatic carbocycles. The van der Waals surface area contributed by atoms with Crippen molar-refractivity contribution >= 4 is 11.8 Å². The van der Waals surface area contributed by atoms with E-state index in [9.17, 15) is 14.0 Å². The van der Waals surface area contributed by atoms with Gasteiger partial charge >= 0.3 is 0 Å². The highest BCUT2D eigenvalue weighted by Crippen LogP contribution is 2.21. The molecule has 0 bridgehead atoms. The lowest BCUT2D eigenvalue weighted by Gasteiger charge is -2.40. The number of carbonyl (C=O) groups is 2. The Morgan fingerprint density at radius 2 is 1.85 bits per heavy atom. The first-order valence-electron chi connectivity index (χ1n) is 9.46. The van der Waals surface area contributed by atoms with Gasteiger partial charge in [0.1, 0.15) is 5.82 Å². The van der Waals surface area contributed by atoms with Crippen molar-refractivity contribution < 1.29 is 14.0 Å². The van der Waals surface area contributed by atoms with E-state index in [1.807, 2.05) is 9.80 Å². The van der Waals surface area contributed by atoms with Gasteiger partial charge < -0.3 is 9.80 Å². The predicted molar refractivity (Wildman–Crippen MR) is 97.8 cm³/mol. The largest absolute Gasteiger partial charge is 0.340 e. The van der Waals surface area contributed by atoms with Gasteiger partial charge in [0.2, 0.25) is 11.8 Å². The minimum atomic E-state index is -0.258. The van der Waals surface area contributed by atoms with Crippen molar-refractivity contribution in [2.75, 3.05) is 32.7 Å². The van der Waals surface area contributed by atoms with Gasteiger partial charge in [0.15, 0.2) is 0 Å². The zero-order valence-corrected chi connectivity index (χ0v) is 15.7. The molecule has 0 radical (unpaired) electrons. The van der Waals surface area contributed by atoms with Crippen LogP contribution in [0.25, 0.3) is 0 Å². The van der Waals surface area contributed by atoms with Crippen molar-refractivity contribution in [2.24, 2.45) is 5.92 Å². The third-order valence-corrected chi connectivity index (χ3v) is 5.37. The molecule has 2 amide bonds. The zero-order valence-electron chi connectivity index (χ0n) is 15.7. The summed E-state index contributed by atoms with van der Waals surface area (Å²) in [7, 11) is 0. The summed E-state index contributed by atoms with van der Waals surface area (Å²) in [6.45, 7) is 8.26. The van der Waals surface area contributed by atoms with Gasteiger partial charge in [-0.05, 0) is 43.9 Å². The van der Waals surface area contributed by atoms with Crippen LogP contribution < -0.4 is 0 Å². The maximum Gasteiger partial charge on any atom is 0.237 e. The average Bonchev–Trinajstić information content (AvgIpc) is 2.60. The molecule has 2 heterocycles. The predicted octanol–water partition coefficient (Wildman–Crippen LogP) is 2.12. The maximum atomic E-state index is 13.0. The number of likely N-dealkylation sites (tertiary alicyclic amines) is 1. The number of piperidine rings is 1. The van der Waals surface area contributed by atoms with E-state index < -0.39 is 0 Å². The number of hydrogen-bond acceptors (Lipinski definition) is 3. The quantitative estimate of drug-likeness (QED) is 0.807. The molecule has 0 aromatic heterocycles. The first kappa shape index (κ1) is 18.8. The normalized spacial score (nSPS) is 22.4. The van der Waals surface area contributed by atoms with E-state index in [0.717, 1.165) is 31.6 Å². The Hall–Kier alpha value is -1.95. The third-order valence-electron chi connectivity index (χ3n) is 5.37. The van der Waals surface area contributed by atoms with Crippen molar-refractivity contribution in [3.05, 3.63) is 35.6 Å². The Balaban J connectivity index is 1.50. The lowest BCUT2D eigenvalue weighted by atomic mass is 9.95. The molecular weight excluding hydrogens is 333 g/mol. The molecule has 3 rings (SSSR count). The second-order valence-electron chi connectivity index (χ2n) is 7.72. The number of hydrogen-bond donors (Lipinski definition) is 0. The zero-order chi connectivity index (χ0) is 18.7. The molecular formula is C20H28FN3O2. The summed E-state index contributed by atoms with van der Waals surface area (Å²) in [5.41, 5.74) is 0.951. The van der Waals surface area contributed by atoms with Crippen molar-refractivity contribution in [1.82, 2.24) is 14.7 Å². The molecule has 2 aliphatic rings. The first-order valence-corrected chi connectivity index (χ1v) is 9.46. The molecule has 0 spiro atoms. The van der Waals surface area contributed by atoms with Gasteiger partial charge in [0.25, 0.3) is 0 Å². The van der Waals surface area contributed by atoms with Crippen LogP contribution in [0.4, 0.5) is 4.39 Å². The summed E-state index contributed by atoms with van der Waals surface area (Å²) in [4.78, 5) is 30.5. The summed E-state index contributed by atoms with van der Waals surface area (Å²) < 4.78 is 13.0. The Labute approximate surface area is 154 Å². The summed E-state index contributed by atoms with van der Waals surface area (Å²) in [6, 6.07) is 6.56. The van der Waals surface area contributed by atoms with Crippen molar-refractivity contribution in [1.29, 1.82) is 0 Å². The van der Waals surface area contributed by atoms with E-state index in [4.69, 9.17) is 0 Å². The minimum absolute atomic E-state index is 0.119. The van der Waals surface area contributed by atoms with Crippen LogP contribution in [-0.4, -0.2) is 65.3 Å². The van der Waals surface area contributed by atoms with Gasteiger partial charge in [-0.15, -0.1) is 0 Å². The lowest BCUT2D eigenvalue weighted by molar-refractivity contribution is -0.140. The number of benzene rings is 1. The molecule has 0 N–H and O–H groups in total. The van der Waals surface area contributed by atoms with E-state index >= 15 is 0 Å². The van der Waals surface area contributed by atoms with Gasteiger partial charge in [0.05, 0.1) is 6.54 Å². The fourth-order valence-corrected chi connectivity index (χ4v) is 3.85. The van der Waals surface area contributed by atoms with Gasteiger partial charge in [-0.25, -0.2) is 4.39 Å². The van der Waals surface area contributed by atoms with Gasteiger partial charge in [-0.3, -0.25) is 14.5 Å². The van der Waals surface area contributed by atoms with E-state index in [2.05, 4.69) is 18.7 Å². The van der Waals surface area contributed by atoms with Gasteiger partial charge in [0, 0.05) is 45.2 Å². The van der Waals surface area contributed by atoms with Crippen LogP contribution in [0.1, 0.15) is 32.3 Å². The van der Waals surface area contributed by atoms with E-state index in [1.54, 1.807) is 12.1 Å². The molecule has 1 unspecified atom stereocenters. The Bertz CT molecular complexity index is 647. The Morgan fingerprint density at radius 3 is 2.50 bits per heavy atom. The molecule has 0 aliphatic carbocycles. The molecule has 26 heavy (non-hydrogen) atoms. The fraction of sp³-hybridized carbons (Fsp3) is 0.600. The van der Waals surface area contributed by atoms with Crippen LogP contribution in [0.5, 0.6) is 0 Å². The van der Waals surface area contributed by atoms with E-state index in [1.165, 1.54) is 12.1 Å². The number of carbonyl (C=O) groups excluding carboxylic acids is 2. The minimum Gasteiger partial charge on any atom is -0.340 e. The van der Waals surface area contributed by atoms with Crippen LogP contribution >= 0.6 is 0 Å². The number of halogens is 1. The smallest absolute Gasteiger partial charge is 0.237 e.